The van der Waals surface area contributed by atoms with Gasteiger partial charge in [-0.3, -0.25) is 9.36 Å². The summed E-state index contributed by atoms with van der Waals surface area (Å²) in [6.45, 7) is 2.96. The van der Waals surface area contributed by atoms with Gasteiger partial charge in [-0.2, -0.15) is 0 Å². The van der Waals surface area contributed by atoms with Gasteiger partial charge in [0, 0.05) is 6.54 Å². The summed E-state index contributed by atoms with van der Waals surface area (Å²) in [5.74, 6) is 0. The minimum Gasteiger partial charge on any atom is -0.287 e. The van der Waals surface area contributed by atoms with Gasteiger partial charge < -0.3 is 0 Å². The molecular formula is C15H20N2OS. The van der Waals surface area contributed by atoms with Gasteiger partial charge in [-0.05, 0) is 24.8 Å². The molecule has 0 aliphatic rings. The number of hydrogen-bond acceptors (Lipinski definition) is 3. The lowest BCUT2D eigenvalue weighted by molar-refractivity contribution is 0.531. The fourth-order valence-corrected chi connectivity index (χ4v) is 2.78. The van der Waals surface area contributed by atoms with Crippen LogP contribution in [-0.4, -0.2) is 15.8 Å². The molecule has 0 fully saturated rings. The standard InChI is InChI=1S/C15H20N2OS/c1-3-4-5-8-11-17-14(18)12-9-6-7-10-13(12)16-15(17)19-2/h6-7,9-10H,3-5,8,11H2,1-2H3. The summed E-state index contributed by atoms with van der Waals surface area (Å²) in [6, 6.07) is 7.57. The predicted molar refractivity (Wildman–Crippen MR) is 81.9 cm³/mol. The van der Waals surface area contributed by atoms with E-state index in [1.165, 1.54) is 19.3 Å². The van der Waals surface area contributed by atoms with Crippen LogP contribution in [0.4, 0.5) is 0 Å². The number of aromatic nitrogens is 2. The maximum absolute atomic E-state index is 12.5. The zero-order valence-corrected chi connectivity index (χ0v) is 12.4. The third kappa shape index (κ3) is 3.18. The first kappa shape index (κ1) is 14.1. The Labute approximate surface area is 118 Å². The smallest absolute Gasteiger partial charge is 0.262 e. The molecule has 2 rings (SSSR count). The lowest BCUT2D eigenvalue weighted by atomic mass is 10.2. The summed E-state index contributed by atoms with van der Waals surface area (Å²) < 4.78 is 1.82. The molecule has 0 saturated heterocycles. The normalized spacial score (nSPS) is 11.1. The number of rotatable bonds is 6. The van der Waals surface area contributed by atoms with Crippen LogP contribution < -0.4 is 5.56 Å². The van der Waals surface area contributed by atoms with Gasteiger partial charge in [0.25, 0.3) is 5.56 Å². The summed E-state index contributed by atoms with van der Waals surface area (Å²) in [5.41, 5.74) is 0.883. The van der Waals surface area contributed by atoms with E-state index >= 15 is 0 Å². The number of benzene rings is 1. The van der Waals surface area contributed by atoms with E-state index in [9.17, 15) is 4.79 Å². The van der Waals surface area contributed by atoms with Gasteiger partial charge in [0.05, 0.1) is 10.9 Å². The molecule has 1 aromatic heterocycles. The Balaban J connectivity index is 2.35. The molecule has 0 N–H and O–H groups in total. The minimum absolute atomic E-state index is 0.0893. The second kappa shape index (κ2) is 6.75. The fraction of sp³-hybridized carbons (Fsp3) is 0.467. The average molecular weight is 276 g/mol. The highest BCUT2D eigenvalue weighted by Gasteiger charge is 2.09. The maximum atomic E-state index is 12.5. The Morgan fingerprint density at radius 3 is 2.74 bits per heavy atom. The van der Waals surface area contributed by atoms with Gasteiger partial charge in [0.1, 0.15) is 0 Å². The monoisotopic (exact) mass is 276 g/mol. The first-order valence-electron chi connectivity index (χ1n) is 6.81. The number of fused-ring (bicyclic) bond motifs is 1. The van der Waals surface area contributed by atoms with Gasteiger partial charge in [-0.15, -0.1) is 0 Å². The van der Waals surface area contributed by atoms with Crippen molar-refractivity contribution in [2.45, 2.75) is 44.3 Å². The lowest BCUT2D eigenvalue weighted by Gasteiger charge is -2.11. The number of nitrogens with zero attached hydrogens (tertiary/aromatic N) is 2. The van der Waals surface area contributed by atoms with Crippen molar-refractivity contribution < 1.29 is 0 Å². The molecule has 0 aliphatic heterocycles. The molecule has 0 saturated carbocycles. The van der Waals surface area contributed by atoms with Crippen LogP contribution in [0.1, 0.15) is 32.6 Å². The summed E-state index contributed by atoms with van der Waals surface area (Å²) >= 11 is 1.54. The molecule has 0 aliphatic carbocycles. The number of thioether (sulfide) groups is 1. The van der Waals surface area contributed by atoms with Crippen molar-refractivity contribution in [2.75, 3.05) is 6.26 Å². The molecule has 0 atom stereocenters. The molecule has 2 aromatic rings. The first-order valence-corrected chi connectivity index (χ1v) is 8.04. The molecule has 3 nitrogen and oxygen atoms in total. The Bertz CT molecular complexity index is 607. The first-order chi connectivity index (χ1) is 9.27. The topological polar surface area (TPSA) is 34.9 Å². The van der Waals surface area contributed by atoms with E-state index in [2.05, 4.69) is 11.9 Å². The van der Waals surface area contributed by atoms with E-state index in [1.54, 1.807) is 11.8 Å². The third-order valence-electron chi connectivity index (χ3n) is 3.24. The van der Waals surface area contributed by atoms with Gasteiger partial charge in [-0.25, -0.2) is 4.98 Å². The van der Waals surface area contributed by atoms with Crippen molar-refractivity contribution in [3.63, 3.8) is 0 Å². The molecule has 0 spiro atoms. The van der Waals surface area contributed by atoms with Gasteiger partial charge in [-0.1, -0.05) is 50.1 Å². The largest absolute Gasteiger partial charge is 0.287 e. The molecule has 102 valence electrons. The van der Waals surface area contributed by atoms with Crippen molar-refractivity contribution >= 4 is 22.7 Å². The Morgan fingerprint density at radius 2 is 2.00 bits per heavy atom. The second-order valence-electron chi connectivity index (χ2n) is 4.63. The van der Waals surface area contributed by atoms with Gasteiger partial charge in [0.2, 0.25) is 0 Å². The number of unbranched alkanes of at least 4 members (excludes halogenated alkanes) is 3. The highest BCUT2D eigenvalue weighted by Crippen LogP contribution is 2.15. The van der Waals surface area contributed by atoms with Gasteiger partial charge >= 0.3 is 0 Å². The van der Waals surface area contributed by atoms with Crippen molar-refractivity contribution in [3.8, 4) is 0 Å². The van der Waals surface area contributed by atoms with Crippen LogP contribution in [0.25, 0.3) is 10.9 Å². The van der Waals surface area contributed by atoms with Crippen LogP contribution in [0.3, 0.4) is 0 Å². The number of hydrogen-bond donors (Lipinski definition) is 0. The quantitative estimate of drug-likeness (QED) is 0.458. The molecular weight excluding hydrogens is 256 g/mol. The summed E-state index contributed by atoms with van der Waals surface area (Å²) in [4.78, 5) is 17.1. The highest BCUT2D eigenvalue weighted by molar-refractivity contribution is 7.98. The van der Waals surface area contributed by atoms with Crippen LogP contribution in [0.5, 0.6) is 0 Å². The molecule has 0 radical (unpaired) electrons. The van der Waals surface area contributed by atoms with Crippen molar-refractivity contribution in [1.82, 2.24) is 9.55 Å². The van der Waals surface area contributed by atoms with Crippen LogP contribution in [0.15, 0.2) is 34.2 Å². The SMILES string of the molecule is CCCCCCn1c(SC)nc2ccccc2c1=O. The van der Waals surface area contributed by atoms with Crippen LogP contribution in [0.2, 0.25) is 0 Å². The molecule has 1 heterocycles. The predicted octanol–water partition coefficient (Wildman–Crippen LogP) is 3.70. The Hall–Kier alpha value is -1.29. The van der Waals surface area contributed by atoms with Crippen LogP contribution in [0, 0.1) is 0 Å². The summed E-state index contributed by atoms with van der Waals surface area (Å²) in [5, 5.41) is 1.54. The third-order valence-corrected chi connectivity index (χ3v) is 3.92. The lowest BCUT2D eigenvalue weighted by Crippen LogP contribution is -2.23. The van der Waals surface area contributed by atoms with Crippen molar-refractivity contribution in [2.24, 2.45) is 0 Å². The van der Waals surface area contributed by atoms with Crippen molar-refractivity contribution in [3.05, 3.63) is 34.6 Å². The van der Waals surface area contributed by atoms with Gasteiger partial charge in [0.15, 0.2) is 5.16 Å². The van der Waals surface area contributed by atoms with E-state index in [0.717, 1.165) is 29.0 Å². The van der Waals surface area contributed by atoms with Crippen LogP contribution >= 0.6 is 11.8 Å². The Kier molecular flexibility index (Phi) is 5.02. The molecule has 0 amide bonds. The number of para-hydroxylation sites is 1. The highest BCUT2D eigenvalue weighted by atomic mass is 32.2. The van der Waals surface area contributed by atoms with E-state index in [0.29, 0.717) is 0 Å². The minimum atomic E-state index is 0.0893. The zero-order valence-electron chi connectivity index (χ0n) is 11.6. The van der Waals surface area contributed by atoms with E-state index < -0.39 is 0 Å². The molecule has 0 bridgehead atoms. The Morgan fingerprint density at radius 1 is 1.21 bits per heavy atom. The van der Waals surface area contributed by atoms with Crippen molar-refractivity contribution in [1.29, 1.82) is 0 Å². The maximum Gasteiger partial charge on any atom is 0.262 e. The van der Waals surface area contributed by atoms with E-state index in [-0.39, 0.29) is 5.56 Å². The summed E-state index contributed by atoms with van der Waals surface area (Å²) in [7, 11) is 0. The van der Waals surface area contributed by atoms with E-state index in [1.807, 2.05) is 35.1 Å². The summed E-state index contributed by atoms with van der Waals surface area (Å²) in [6.07, 6.45) is 6.62. The van der Waals surface area contributed by atoms with Crippen LogP contribution in [-0.2, 0) is 6.54 Å². The zero-order chi connectivity index (χ0) is 13.7. The van der Waals surface area contributed by atoms with E-state index in [4.69, 9.17) is 0 Å². The fourth-order valence-electron chi connectivity index (χ4n) is 2.20. The molecule has 19 heavy (non-hydrogen) atoms. The molecule has 1 aromatic carbocycles. The second-order valence-corrected chi connectivity index (χ2v) is 5.41. The molecule has 0 unspecified atom stereocenters. The average Bonchev–Trinajstić information content (AvgIpc) is 2.45. The molecule has 4 heteroatoms.